The molecule has 0 saturated heterocycles. The first kappa shape index (κ1) is 45.8. The third kappa shape index (κ3) is 11.6. The molecule has 0 bridgehead atoms. The summed E-state index contributed by atoms with van der Waals surface area (Å²) in [6, 6.07) is 25.3. The Kier molecular flexibility index (Phi) is 13.6. The lowest BCUT2D eigenvalue weighted by Crippen LogP contribution is -2.08. The summed E-state index contributed by atoms with van der Waals surface area (Å²) in [6.45, 7) is 4.86. The highest BCUT2D eigenvalue weighted by molar-refractivity contribution is 7.86. The van der Waals surface area contributed by atoms with Crippen LogP contribution in [-0.2, 0) is 30.4 Å². The summed E-state index contributed by atoms with van der Waals surface area (Å²) in [5, 5.41) is 40.2. The Morgan fingerprint density at radius 2 is 1.16 bits per heavy atom. The van der Waals surface area contributed by atoms with Gasteiger partial charge in [-0.15, -0.1) is 15.3 Å². The van der Waals surface area contributed by atoms with Crippen molar-refractivity contribution in [1.82, 2.24) is 0 Å². The number of benzene rings is 6. The number of para-hydroxylation sites is 1. The molecule has 6 rings (SSSR count). The zero-order valence-electron chi connectivity index (χ0n) is 33.8. The molecule has 19 nitrogen and oxygen atoms in total. The molecule has 0 aliphatic heterocycles. The number of anilines is 2. The zero-order chi connectivity index (χ0) is 45.7. The van der Waals surface area contributed by atoms with Crippen LogP contribution in [0.4, 0.5) is 45.5 Å². The van der Waals surface area contributed by atoms with Crippen molar-refractivity contribution in [3.05, 3.63) is 114 Å². The van der Waals surface area contributed by atoms with Crippen molar-refractivity contribution in [1.29, 1.82) is 0 Å². The monoisotopic (exact) mass is 917 g/mol. The van der Waals surface area contributed by atoms with E-state index in [0.717, 1.165) is 11.8 Å². The van der Waals surface area contributed by atoms with Gasteiger partial charge < -0.3 is 19.9 Å². The molecule has 0 amide bonds. The first-order valence-electron chi connectivity index (χ1n) is 18.5. The number of ether oxygens (including phenoxy) is 2. The molecule has 0 radical (unpaired) electrons. The number of aryl methyl sites for hydroxylation is 3. The summed E-state index contributed by atoms with van der Waals surface area (Å²) < 4.78 is 112. The molecule has 0 fully saturated rings. The molecule has 0 aliphatic carbocycles. The molecule has 5 N–H and O–H groups in total. The number of methoxy groups -OCH3 is 1. The first-order chi connectivity index (χ1) is 29.7. The van der Waals surface area contributed by atoms with Gasteiger partial charge in [-0.25, -0.2) is 0 Å². The Labute approximate surface area is 362 Å². The Morgan fingerprint density at radius 1 is 0.587 bits per heavy atom. The summed E-state index contributed by atoms with van der Waals surface area (Å²) in [4.78, 5) is -1.20. The third-order valence-electron chi connectivity index (χ3n) is 9.22. The molecule has 22 heteroatoms. The molecule has 63 heavy (non-hydrogen) atoms. The summed E-state index contributed by atoms with van der Waals surface area (Å²) in [7, 11) is -12.6. The van der Waals surface area contributed by atoms with Crippen LogP contribution in [0.5, 0.6) is 17.2 Å². The van der Waals surface area contributed by atoms with Crippen LogP contribution in [0.3, 0.4) is 0 Å². The van der Waals surface area contributed by atoms with Crippen LogP contribution in [0.1, 0.15) is 23.1 Å². The van der Waals surface area contributed by atoms with Crippen LogP contribution in [0.15, 0.2) is 138 Å². The van der Waals surface area contributed by atoms with E-state index in [2.05, 4.69) is 36.0 Å². The van der Waals surface area contributed by atoms with Gasteiger partial charge in [0.15, 0.2) is 5.75 Å². The molecule has 0 unspecified atom stereocenters. The summed E-state index contributed by atoms with van der Waals surface area (Å²) in [6.07, 6.45) is -0.0894. The maximum absolute atomic E-state index is 12.5. The molecule has 0 spiro atoms. The summed E-state index contributed by atoms with van der Waals surface area (Å²) >= 11 is 0. The number of hydrogen-bond donors (Lipinski definition) is 5. The third-order valence-corrected chi connectivity index (χ3v) is 11.8. The second-order valence-electron chi connectivity index (χ2n) is 13.9. The van der Waals surface area contributed by atoms with Gasteiger partial charge in [-0.05, 0) is 116 Å². The highest BCUT2D eigenvalue weighted by Gasteiger charge is 2.23. The van der Waals surface area contributed by atoms with E-state index in [9.17, 15) is 44.0 Å². The van der Waals surface area contributed by atoms with Gasteiger partial charge in [-0.2, -0.15) is 40.6 Å². The molecule has 0 aromatic heterocycles. The van der Waals surface area contributed by atoms with Crippen molar-refractivity contribution in [2.75, 3.05) is 24.8 Å². The van der Waals surface area contributed by atoms with Crippen molar-refractivity contribution < 1.29 is 53.5 Å². The predicted octanol–water partition coefficient (Wildman–Crippen LogP) is 10.6. The van der Waals surface area contributed by atoms with Crippen molar-refractivity contribution in [2.45, 2.75) is 37.0 Å². The van der Waals surface area contributed by atoms with Crippen LogP contribution in [0.2, 0.25) is 0 Å². The van der Waals surface area contributed by atoms with Crippen LogP contribution >= 0.6 is 0 Å². The normalized spacial score (nSPS) is 12.5. The fourth-order valence-corrected chi connectivity index (χ4v) is 7.81. The molecular weight excluding hydrogens is 879 g/mol. The van der Waals surface area contributed by atoms with E-state index >= 15 is 0 Å². The van der Waals surface area contributed by atoms with Gasteiger partial charge in [0.25, 0.3) is 30.4 Å². The second-order valence-corrected chi connectivity index (χ2v) is 18.3. The fourth-order valence-electron chi connectivity index (χ4n) is 6.03. The first-order valence-corrected chi connectivity index (χ1v) is 23.0. The quantitative estimate of drug-likeness (QED) is 0.0343. The number of phenols is 1. The number of nitrogens with zero attached hydrogens (tertiary/aromatic N) is 6. The van der Waals surface area contributed by atoms with Crippen molar-refractivity contribution >= 4 is 86.6 Å². The number of phenolic OH excluding ortho intramolecular Hbond substituents is 1. The van der Waals surface area contributed by atoms with Gasteiger partial charge in [0.2, 0.25) is 0 Å². The summed E-state index contributed by atoms with van der Waals surface area (Å²) in [5.41, 5.74) is 3.27. The highest BCUT2D eigenvalue weighted by Crippen LogP contribution is 2.43. The minimum absolute atomic E-state index is 0.0756. The smallest absolute Gasteiger partial charge is 0.296 e. The van der Waals surface area contributed by atoms with Crippen molar-refractivity contribution in [3.8, 4) is 17.2 Å². The maximum atomic E-state index is 12.5. The fraction of sp³-hybridized carbons (Fsp3) is 0.171. The van der Waals surface area contributed by atoms with E-state index in [1.807, 2.05) is 30.3 Å². The average Bonchev–Trinajstić information content (AvgIpc) is 3.21. The molecule has 0 aliphatic rings. The van der Waals surface area contributed by atoms with Gasteiger partial charge in [0, 0.05) is 28.9 Å². The van der Waals surface area contributed by atoms with Crippen LogP contribution in [0.25, 0.3) is 10.8 Å². The minimum atomic E-state index is -4.89. The Balaban J connectivity index is 1.31. The lowest BCUT2D eigenvalue weighted by Gasteiger charge is -2.12. The zero-order valence-corrected chi connectivity index (χ0v) is 36.3. The van der Waals surface area contributed by atoms with Gasteiger partial charge in [0.05, 0.1) is 36.5 Å². The Hall–Kier alpha value is -6.69. The molecule has 0 saturated carbocycles. The molecular formula is C41H39N7O12S3. The number of azo groups is 3. The van der Waals surface area contributed by atoms with Crippen LogP contribution in [-0.4, -0.2) is 63.5 Å². The lowest BCUT2D eigenvalue weighted by molar-refractivity contribution is 0.317. The maximum Gasteiger partial charge on any atom is 0.296 e. The largest absolute Gasteiger partial charge is 0.505 e. The molecule has 328 valence electrons. The minimum Gasteiger partial charge on any atom is -0.505 e. The number of rotatable bonds is 16. The SMILES string of the molecule is COc1ccc(N=Nc2cc(OCCCS(=O)(=O)O)c(N=Nc3cc(C)c(N=Nc4c(S(=O)(=O)O)cc5cc(Nc6ccccc6)ccc5c4O)cc3C)cc2C)c(S(=O)(=O)O)c1. The predicted molar refractivity (Wildman–Crippen MR) is 234 cm³/mol. The van der Waals surface area contributed by atoms with Crippen molar-refractivity contribution in [2.24, 2.45) is 30.7 Å². The topological polar surface area (TPSA) is 288 Å². The second kappa shape index (κ2) is 18.7. The average molecular weight is 918 g/mol. The van der Waals surface area contributed by atoms with E-state index in [1.165, 1.54) is 31.4 Å². The lowest BCUT2D eigenvalue weighted by atomic mass is 10.1. The van der Waals surface area contributed by atoms with E-state index in [0.29, 0.717) is 33.5 Å². The molecule has 0 heterocycles. The van der Waals surface area contributed by atoms with E-state index < -0.39 is 57.3 Å². The van der Waals surface area contributed by atoms with Gasteiger partial charge in [-0.3, -0.25) is 13.7 Å². The standard InChI is InChI=1S/C41H39N7O12S3/c1-24-18-34(46-48-40-39(63(56,57)58)21-27-20-29(11-13-31(27)41(40)49)42-28-9-6-5-7-10-28)25(2)17-33(24)44-47-36-19-26(3)35(23-37(36)60-15-8-16-61(50,51)52)45-43-32-14-12-30(59-4)22-38(32)62(53,54)55/h5-7,9-14,17-23,42,49H,8,15-16H2,1-4H3,(H,50,51,52)(H,53,54,55)(H,56,57,58). The van der Waals surface area contributed by atoms with Crippen LogP contribution < -0.4 is 14.8 Å². The number of aromatic hydroxyl groups is 1. The molecule has 6 aromatic rings. The van der Waals surface area contributed by atoms with Crippen molar-refractivity contribution in [3.63, 3.8) is 0 Å². The van der Waals surface area contributed by atoms with Gasteiger partial charge in [-0.1, -0.05) is 18.2 Å². The number of nitrogens with one attached hydrogen (secondary N) is 1. The van der Waals surface area contributed by atoms with Crippen LogP contribution in [0, 0.1) is 20.8 Å². The number of fused-ring (bicyclic) bond motifs is 1. The van der Waals surface area contributed by atoms with Gasteiger partial charge >= 0.3 is 0 Å². The van der Waals surface area contributed by atoms with E-state index in [4.69, 9.17) is 9.47 Å². The Bertz CT molecular complexity index is 3160. The Morgan fingerprint density at radius 3 is 1.76 bits per heavy atom. The number of hydrogen-bond acceptors (Lipinski definition) is 16. The molecule has 0 atom stereocenters. The van der Waals surface area contributed by atoms with Gasteiger partial charge in [0.1, 0.15) is 38.4 Å². The van der Waals surface area contributed by atoms with E-state index in [1.54, 1.807) is 57.2 Å². The summed E-state index contributed by atoms with van der Waals surface area (Å²) in [5.74, 6) is -0.866. The highest BCUT2D eigenvalue weighted by atomic mass is 32.2. The molecule has 6 aromatic carbocycles. The van der Waals surface area contributed by atoms with E-state index in [-0.39, 0.29) is 52.7 Å².